The minimum Gasteiger partial charge on any atom is -0.302 e. The maximum absolute atomic E-state index is 8.47. The summed E-state index contributed by atoms with van der Waals surface area (Å²) in [4.78, 5) is 8.46. The van der Waals surface area contributed by atoms with Gasteiger partial charge in [0.25, 0.3) is 0 Å². The molecule has 2 aliphatic rings. The van der Waals surface area contributed by atoms with Crippen LogP contribution in [0.1, 0.15) is 0 Å². The molecule has 1 N–H and O–H groups in total. The molecule has 1 fully saturated rings. The number of likely N-dealkylation sites (N-methyl/N-ethyl adjacent to an activating group) is 2. The first-order valence-electron chi connectivity index (χ1n) is 5.70. The monoisotopic (exact) mass is 223 g/mol. The van der Waals surface area contributed by atoms with Crippen LogP contribution in [0.15, 0.2) is 4.99 Å². The Morgan fingerprint density at radius 3 is 2.56 bits per heavy atom. The Morgan fingerprint density at radius 1 is 1.38 bits per heavy atom. The molecule has 0 aliphatic carbocycles. The zero-order valence-electron chi connectivity index (χ0n) is 10.2. The van der Waals surface area contributed by atoms with E-state index in [1.165, 1.54) is 0 Å². The number of nitriles is 1. The van der Waals surface area contributed by atoms with Crippen LogP contribution in [-0.2, 0) is 0 Å². The van der Waals surface area contributed by atoms with Gasteiger partial charge in [0, 0.05) is 38.9 Å². The van der Waals surface area contributed by atoms with Gasteiger partial charge in [-0.05, 0) is 14.1 Å². The van der Waals surface area contributed by atoms with Gasteiger partial charge in [0.2, 0.25) is 0 Å². The van der Waals surface area contributed by atoms with Crippen molar-refractivity contribution in [2.45, 2.75) is 6.04 Å². The van der Waals surface area contributed by atoms with E-state index in [2.05, 4.69) is 33.2 Å². The van der Waals surface area contributed by atoms with Gasteiger partial charge in [0.1, 0.15) is 6.04 Å². The molecular weight excluding hydrogens is 202 g/mol. The lowest BCUT2D eigenvalue weighted by Gasteiger charge is -2.26. The smallest absolute Gasteiger partial charge is 0.108 e. The van der Waals surface area contributed by atoms with Gasteiger partial charge in [-0.25, -0.2) is 0 Å². The van der Waals surface area contributed by atoms with E-state index in [1.807, 2.05) is 13.3 Å². The van der Waals surface area contributed by atoms with Gasteiger partial charge in [0.15, 0.2) is 0 Å². The van der Waals surface area contributed by atoms with Gasteiger partial charge in [-0.3, -0.25) is 15.2 Å². The number of rotatable bonds is 0. The highest BCUT2D eigenvalue weighted by Crippen LogP contribution is 1.92. The maximum Gasteiger partial charge on any atom is 0.108 e. The van der Waals surface area contributed by atoms with Gasteiger partial charge in [0.05, 0.1) is 12.6 Å². The third-order valence-corrected chi connectivity index (χ3v) is 2.67. The first-order valence-corrected chi connectivity index (χ1v) is 5.70. The van der Waals surface area contributed by atoms with Crippen LogP contribution in [0.2, 0.25) is 0 Å². The Bertz CT molecular complexity index is 258. The van der Waals surface area contributed by atoms with Crippen LogP contribution in [0.5, 0.6) is 0 Å². The van der Waals surface area contributed by atoms with Crippen molar-refractivity contribution >= 4 is 6.21 Å². The second-order valence-electron chi connectivity index (χ2n) is 4.25. The van der Waals surface area contributed by atoms with Gasteiger partial charge in [-0.2, -0.15) is 5.26 Å². The molecule has 1 atom stereocenters. The second-order valence-corrected chi connectivity index (χ2v) is 4.25. The fraction of sp³-hybridized carbons (Fsp3) is 0.818. The number of piperazine rings is 1. The molecule has 1 saturated heterocycles. The van der Waals surface area contributed by atoms with Crippen molar-refractivity contribution in [2.24, 2.45) is 4.99 Å². The fourth-order valence-electron chi connectivity index (χ4n) is 1.59. The average molecular weight is 223 g/mol. The van der Waals surface area contributed by atoms with Crippen molar-refractivity contribution in [1.29, 1.82) is 5.26 Å². The van der Waals surface area contributed by atoms with Crippen LogP contribution in [-0.4, -0.2) is 75.4 Å². The standard InChI is InChI=1S/C6H11N3.C5H10N2/c1-9-3-2-8-6(4-7)5-9;1-7-4-2-6-3-5-7/h6,8H,2-3,5H2,1H3;2H,3-5H2,1H3. The normalized spacial score (nSPS) is 26.7. The van der Waals surface area contributed by atoms with Crippen LogP contribution in [0.3, 0.4) is 0 Å². The van der Waals surface area contributed by atoms with Crippen LogP contribution in [0, 0.1) is 11.3 Å². The number of aliphatic imine (C=N–C) groups is 1. The van der Waals surface area contributed by atoms with Crippen molar-refractivity contribution in [1.82, 2.24) is 15.1 Å². The second kappa shape index (κ2) is 7.34. The highest BCUT2D eigenvalue weighted by atomic mass is 15.2. The molecule has 0 aromatic rings. The molecule has 0 bridgehead atoms. The molecule has 0 amide bonds. The summed E-state index contributed by atoms with van der Waals surface area (Å²) in [5, 5.41) is 11.6. The molecule has 0 saturated carbocycles. The van der Waals surface area contributed by atoms with Gasteiger partial charge in [-0.15, -0.1) is 0 Å². The molecular formula is C11H21N5. The molecule has 1 unspecified atom stereocenters. The third-order valence-electron chi connectivity index (χ3n) is 2.67. The molecule has 5 nitrogen and oxygen atoms in total. The summed E-state index contributed by atoms with van der Waals surface area (Å²) in [6.45, 7) is 5.98. The van der Waals surface area contributed by atoms with E-state index in [4.69, 9.17) is 5.26 Å². The zero-order chi connectivity index (χ0) is 11.8. The zero-order valence-corrected chi connectivity index (χ0v) is 10.2. The van der Waals surface area contributed by atoms with E-state index in [9.17, 15) is 0 Å². The van der Waals surface area contributed by atoms with E-state index in [-0.39, 0.29) is 6.04 Å². The summed E-state index contributed by atoms with van der Waals surface area (Å²) < 4.78 is 0. The van der Waals surface area contributed by atoms with Crippen molar-refractivity contribution in [3.63, 3.8) is 0 Å². The molecule has 0 aromatic carbocycles. The largest absolute Gasteiger partial charge is 0.302 e. The van der Waals surface area contributed by atoms with E-state index >= 15 is 0 Å². The summed E-state index contributed by atoms with van der Waals surface area (Å²) in [6.07, 6.45) is 1.96. The number of nitrogens with zero attached hydrogens (tertiary/aromatic N) is 4. The molecule has 0 aromatic heterocycles. The van der Waals surface area contributed by atoms with E-state index in [0.29, 0.717) is 0 Å². The number of hydrogen-bond acceptors (Lipinski definition) is 5. The fourth-order valence-corrected chi connectivity index (χ4v) is 1.59. The summed E-state index contributed by atoms with van der Waals surface area (Å²) in [7, 11) is 4.14. The van der Waals surface area contributed by atoms with E-state index < -0.39 is 0 Å². The van der Waals surface area contributed by atoms with Crippen LogP contribution in [0.25, 0.3) is 0 Å². The minimum absolute atomic E-state index is 0.0451. The summed E-state index contributed by atoms with van der Waals surface area (Å²) in [5.41, 5.74) is 0. The predicted molar refractivity (Wildman–Crippen MR) is 65.8 cm³/mol. The van der Waals surface area contributed by atoms with Crippen molar-refractivity contribution in [3.05, 3.63) is 0 Å². The highest BCUT2D eigenvalue weighted by molar-refractivity contribution is 5.60. The lowest BCUT2D eigenvalue weighted by Crippen LogP contribution is -2.48. The Morgan fingerprint density at radius 2 is 2.19 bits per heavy atom. The third kappa shape index (κ3) is 5.21. The average Bonchev–Trinajstić information content (AvgIpc) is 2.31. The Hall–Kier alpha value is -0.960. The van der Waals surface area contributed by atoms with Gasteiger partial charge in [-0.1, -0.05) is 0 Å². The first kappa shape index (κ1) is 13.1. The maximum atomic E-state index is 8.47. The topological polar surface area (TPSA) is 54.7 Å². The number of nitrogens with one attached hydrogen (secondary N) is 1. The Labute approximate surface area is 97.7 Å². The van der Waals surface area contributed by atoms with Gasteiger partial charge >= 0.3 is 0 Å². The molecule has 16 heavy (non-hydrogen) atoms. The first-order chi connectivity index (χ1) is 7.72. The van der Waals surface area contributed by atoms with Crippen molar-refractivity contribution < 1.29 is 0 Å². The quantitative estimate of drug-likeness (QED) is 0.597. The van der Waals surface area contributed by atoms with Crippen LogP contribution >= 0.6 is 0 Å². The van der Waals surface area contributed by atoms with Crippen molar-refractivity contribution in [2.75, 3.05) is 53.4 Å². The molecule has 2 rings (SSSR count). The van der Waals surface area contributed by atoms with Crippen molar-refractivity contribution in [3.8, 4) is 6.07 Å². The molecule has 5 heteroatoms. The Balaban J connectivity index is 0.000000165. The minimum atomic E-state index is 0.0451. The summed E-state index contributed by atoms with van der Waals surface area (Å²) in [6, 6.07) is 2.23. The molecule has 90 valence electrons. The lowest BCUT2D eigenvalue weighted by atomic mass is 10.2. The van der Waals surface area contributed by atoms with Crippen LogP contribution in [0.4, 0.5) is 0 Å². The van der Waals surface area contributed by atoms with Gasteiger partial charge < -0.3 is 4.90 Å². The van der Waals surface area contributed by atoms with Crippen LogP contribution < -0.4 is 5.32 Å². The van der Waals surface area contributed by atoms with E-state index in [1.54, 1.807) is 0 Å². The lowest BCUT2D eigenvalue weighted by molar-refractivity contribution is 0.264. The summed E-state index contributed by atoms with van der Waals surface area (Å²) in [5.74, 6) is 0. The summed E-state index contributed by atoms with van der Waals surface area (Å²) >= 11 is 0. The predicted octanol–water partition coefficient (Wildman–Crippen LogP) is -0.584. The highest BCUT2D eigenvalue weighted by Gasteiger charge is 2.14. The SMILES string of the molecule is CN1CC=NCC1.CN1CCNC(C#N)C1. The molecule has 2 heterocycles. The molecule has 0 radical (unpaired) electrons. The number of hydrogen-bond donors (Lipinski definition) is 1. The molecule has 2 aliphatic heterocycles. The van der Waals surface area contributed by atoms with E-state index in [0.717, 1.165) is 39.3 Å². The molecule has 0 spiro atoms. The Kier molecular flexibility index (Phi) is 6.01.